The van der Waals surface area contributed by atoms with Crippen molar-refractivity contribution in [2.24, 2.45) is 0 Å². The predicted octanol–water partition coefficient (Wildman–Crippen LogP) is 4.01. The summed E-state index contributed by atoms with van der Waals surface area (Å²) in [4.78, 5) is 12.3. The molecule has 0 aliphatic carbocycles. The van der Waals surface area contributed by atoms with Crippen molar-refractivity contribution in [2.75, 3.05) is 0 Å². The van der Waals surface area contributed by atoms with Crippen LogP contribution in [-0.4, -0.2) is 21.1 Å². The molecule has 1 heterocycles. The summed E-state index contributed by atoms with van der Waals surface area (Å²) in [5, 5.41) is 2.94. The van der Waals surface area contributed by atoms with Gasteiger partial charge in [-0.2, -0.15) is 0 Å². The zero-order valence-electron chi connectivity index (χ0n) is 14.3. The number of amides is 1. The molecule has 0 unspecified atom stereocenters. The first-order valence-corrected chi connectivity index (χ1v) is 10.2. The van der Waals surface area contributed by atoms with Gasteiger partial charge in [-0.05, 0) is 0 Å². The Morgan fingerprint density at radius 1 is 0.852 bits per heavy atom. The van der Waals surface area contributed by atoms with Gasteiger partial charge in [-0.15, -0.1) is 0 Å². The topological polar surface area (TPSA) is 38.3 Å². The number of nitrogens with one attached hydrogen (secondary N) is 1. The van der Waals surface area contributed by atoms with Gasteiger partial charge in [-0.25, -0.2) is 0 Å². The Hall–Kier alpha value is -2.88. The van der Waals surface area contributed by atoms with Gasteiger partial charge < -0.3 is 0 Å². The number of halogens is 1. The van der Waals surface area contributed by atoms with Crippen LogP contribution in [0.15, 0.2) is 89.4 Å². The van der Waals surface area contributed by atoms with Crippen LogP contribution < -0.4 is 9.78 Å². The van der Waals surface area contributed by atoms with E-state index in [1.165, 1.54) is 16.6 Å². The maximum atomic E-state index is 13.4. The number of rotatable bonds is 4. The summed E-state index contributed by atoms with van der Waals surface area (Å²) in [5.74, 6) is 0.186. The van der Waals surface area contributed by atoms with E-state index < -0.39 is 6.09 Å². The number of cyclic esters (lactones) is 1. The molecule has 3 aromatic rings. The van der Waals surface area contributed by atoms with Crippen molar-refractivity contribution in [3.05, 3.63) is 106 Å². The van der Waals surface area contributed by atoms with Crippen LogP contribution in [-0.2, 0) is 4.74 Å². The maximum absolute atomic E-state index is 13.4. The quantitative estimate of drug-likeness (QED) is 0.643. The van der Waals surface area contributed by atoms with Gasteiger partial charge in [-0.1, -0.05) is 0 Å². The number of hydrogen-bond acceptors (Lipinski definition) is 2. The van der Waals surface area contributed by atoms with Gasteiger partial charge in [0.1, 0.15) is 0 Å². The van der Waals surface area contributed by atoms with E-state index in [1.54, 1.807) is 12.1 Å². The van der Waals surface area contributed by atoms with Gasteiger partial charge >= 0.3 is 163 Å². The first-order chi connectivity index (χ1) is 13.2. The predicted molar refractivity (Wildman–Crippen MR) is 104 cm³/mol. The molecule has 1 atom stereocenters. The molecule has 27 heavy (non-hydrogen) atoms. The molecule has 0 fully saturated rings. The van der Waals surface area contributed by atoms with E-state index in [0.29, 0.717) is 11.3 Å². The summed E-state index contributed by atoms with van der Waals surface area (Å²) in [6.07, 6.45) is -0.504. The van der Waals surface area contributed by atoms with E-state index in [4.69, 9.17) is 4.74 Å². The normalized spacial score (nSPS) is 16.6. The Morgan fingerprint density at radius 3 is 2.15 bits per heavy atom. The number of carbonyl (C=O) groups excluding carboxylic acids is 1. The van der Waals surface area contributed by atoms with E-state index in [9.17, 15) is 9.18 Å². The average molecular weight is 424 g/mol. The number of carbonyl (C=O) groups is 1. The Labute approximate surface area is 163 Å². The third-order valence-corrected chi connectivity index (χ3v) is 6.56. The summed E-state index contributed by atoms with van der Waals surface area (Å²) >= 11 is -0.0841. The van der Waals surface area contributed by atoms with Gasteiger partial charge in [-0.3, -0.25) is 0 Å². The molecule has 3 nitrogen and oxygen atoms in total. The van der Waals surface area contributed by atoms with Gasteiger partial charge in [0.2, 0.25) is 0 Å². The van der Waals surface area contributed by atoms with E-state index in [2.05, 4.69) is 17.4 Å². The van der Waals surface area contributed by atoms with Crippen LogP contribution in [0, 0.1) is 5.82 Å². The van der Waals surface area contributed by atoms with Crippen molar-refractivity contribution in [1.82, 2.24) is 5.32 Å². The Balaban J connectivity index is 1.85. The van der Waals surface area contributed by atoms with Crippen LogP contribution in [0.25, 0.3) is 5.76 Å². The molecule has 1 aliphatic rings. The molecule has 1 N–H and O–H groups in total. The van der Waals surface area contributed by atoms with Gasteiger partial charge in [0.15, 0.2) is 0 Å². The van der Waals surface area contributed by atoms with Gasteiger partial charge in [0.05, 0.1) is 0 Å². The molecule has 0 bridgehead atoms. The first kappa shape index (κ1) is 17.5. The van der Waals surface area contributed by atoms with E-state index in [1.807, 2.05) is 48.5 Å². The molecule has 5 heteroatoms. The second kappa shape index (κ2) is 7.78. The fourth-order valence-electron chi connectivity index (χ4n) is 2.89. The Morgan fingerprint density at radius 2 is 1.48 bits per heavy atom. The van der Waals surface area contributed by atoms with E-state index >= 15 is 0 Å². The third kappa shape index (κ3) is 3.95. The number of alkyl carbamates (subject to hydrolysis) is 1. The van der Waals surface area contributed by atoms with Crippen molar-refractivity contribution in [2.45, 2.75) is 6.04 Å². The molecule has 3 aromatic carbocycles. The van der Waals surface area contributed by atoms with Crippen LogP contribution in [0.4, 0.5) is 9.18 Å². The van der Waals surface area contributed by atoms with Crippen LogP contribution in [0.5, 0.6) is 0 Å². The molecule has 0 saturated heterocycles. The SMILES string of the molecule is O=C1N[C@@H](c2ccccc2)C([Se]c2ccccc2)=C(c2ccc(F)cc2)O1. The summed E-state index contributed by atoms with van der Waals surface area (Å²) in [5.41, 5.74) is 1.68. The molecule has 4 rings (SSSR count). The molecular formula is C22H16FNO2Se. The number of benzene rings is 3. The molecule has 134 valence electrons. The minimum atomic E-state index is -0.504. The van der Waals surface area contributed by atoms with Crippen molar-refractivity contribution in [3.8, 4) is 0 Å². The fraction of sp³-hybridized carbons (Fsp3) is 0.0455. The van der Waals surface area contributed by atoms with Crippen molar-refractivity contribution in [1.29, 1.82) is 0 Å². The molecule has 0 saturated carbocycles. The summed E-state index contributed by atoms with van der Waals surface area (Å²) in [6, 6.07) is 25.7. The second-order valence-corrected chi connectivity index (χ2v) is 8.33. The molecular weight excluding hydrogens is 408 g/mol. The minimum absolute atomic E-state index is 0.0841. The van der Waals surface area contributed by atoms with Crippen molar-refractivity contribution >= 4 is 31.3 Å². The zero-order valence-corrected chi connectivity index (χ0v) is 16.0. The second-order valence-electron chi connectivity index (χ2n) is 5.99. The van der Waals surface area contributed by atoms with Crippen LogP contribution in [0.3, 0.4) is 0 Å². The molecule has 1 amide bonds. The standard InChI is InChI=1S/C22H16FNO2Se/c23-17-13-11-16(12-14-17)20-21(27-18-9-5-2-6-10-18)19(24-22(25)26-20)15-7-3-1-4-8-15/h1-14,19H,(H,24,25)/t19-/m0/s1. The number of ether oxygens (including phenoxy) is 1. The number of hydrogen-bond donors (Lipinski definition) is 1. The van der Waals surface area contributed by atoms with Crippen molar-refractivity contribution in [3.63, 3.8) is 0 Å². The molecule has 1 aliphatic heterocycles. The summed E-state index contributed by atoms with van der Waals surface area (Å²) < 4.78 is 21.1. The third-order valence-electron chi connectivity index (χ3n) is 4.15. The molecule has 0 spiro atoms. The zero-order chi connectivity index (χ0) is 18.6. The van der Waals surface area contributed by atoms with Crippen LogP contribution in [0.2, 0.25) is 0 Å². The van der Waals surface area contributed by atoms with E-state index in [0.717, 1.165) is 10.0 Å². The molecule has 0 radical (unpaired) electrons. The van der Waals surface area contributed by atoms with Gasteiger partial charge in [0, 0.05) is 0 Å². The average Bonchev–Trinajstić information content (AvgIpc) is 2.71. The summed E-state index contributed by atoms with van der Waals surface area (Å²) in [7, 11) is 0. The Bertz CT molecular complexity index is 972. The summed E-state index contributed by atoms with van der Waals surface area (Å²) in [6.45, 7) is 0. The van der Waals surface area contributed by atoms with E-state index in [-0.39, 0.29) is 26.8 Å². The first-order valence-electron chi connectivity index (χ1n) is 8.47. The monoisotopic (exact) mass is 425 g/mol. The van der Waals surface area contributed by atoms with Crippen LogP contribution in [0.1, 0.15) is 17.2 Å². The van der Waals surface area contributed by atoms with Crippen molar-refractivity contribution < 1.29 is 13.9 Å². The van der Waals surface area contributed by atoms with Crippen LogP contribution >= 0.6 is 0 Å². The fourth-order valence-corrected chi connectivity index (χ4v) is 5.22. The Kier molecular flexibility index (Phi) is 5.05. The molecule has 0 aromatic heterocycles. The van der Waals surface area contributed by atoms with Gasteiger partial charge in [0.25, 0.3) is 0 Å².